The van der Waals surface area contributed by atoms with E-state index in [9.17, 15) is 17.9 Å². The average Bonchev–Trinajstić information content (AvgIpc) is 2.82. The summed E-state index contributed by atoms with van der Waals surface area (Å²) in [4.78, 5) is 0. The molecular formula is C26H30FNO5SSi. The van der Waals surface area contributed by atoms with Crippen molar-refractivity contribution in [1.29, 1.82) is 0 Å². The van der Waals surface area contributed by atoms with Crippen LogP contribution in [0, 0.1) is 5.82 Å². The number of aliphatic hydroxyl groups excluding tert-OH is 1. The van der Waals surface area contributed by atoms with Crippen LogP contribution in [0.5, 0.6) is 0 Å². The van der Waals surface area contributed by atoms with Crippen molar-refractivity contribution in [3.63, 3.8) is 0 Å². The second-order valence-corrected chi connectivity index (χ2v) is 15.4. The van der Waals surface area contributed by atoms with Gasteiger partial charge in [0.05, 0.1) is 13.2 Å². The molecule has 0 amide bonds. The summed E-state index contributed by atoms with van der Waals surface area (Å²) in [6.07, 6.45) is -1.27. The third-order valence-corrected chi connectivity index (χ3v) is 12.6. The molecule has 2 N–H and O–H groups in total. The summed E-state index contributed by atoms with van der Waals surface area (Å²) in [7, 11) is -7.24. The topological polar surface area (TPSA) is 84.9 Å². The van der Waals surface area contributed by atoms with E-state index < -0.39 is 42.7 Å². The van der Waals surface area contributed by atoms with Crippen molar-refractivity contribution in [1.82, 2.24) is 4.72 Å². The molecule has 3 aromatic carbocycles. The van der Waals surface area contributed by atoms with Gasteiger partial charge < -0.3 is 9.53 Å². The van der Waals surface area contributed by atoms with Gasteiger partial charge in [-0.25, -0.2) is 4.39 Å². The number of hydrogen-bond acceptors (Lipinski definition) is 5. The number of aliphatic hydroxyl groups is 1. The van der Waals surface area contributed by atoms with Gasteiger partial charge in [0.1, 0.15) is 17.5 Å². The molecule has 0 bridgehead atoms. The van der Waals surface area contributed by atoms with Gasteiger partial charge in [-0.3, -0.25) is 4.18 Å². The van der Waals surface area contributed by atoms with E-state index in [1.54, 1.807) is 0 Å². The van der Waals surface area contributed by atoms with E-state index in [-0.39, 0.29) is 11.6 Å². The van der Waals surface area contributed by atoms with Crippen LogP contribution < -0.4 is 15.1 Å². The Kier molecular flexibility index (Phi) is 7.02. The summed E-state index contributed by atoms with van der Waals surface area (Å²) in [5.74, 6) is -0.471. The Labute approximate surface area is 207 Å². The lowest BCUT2D eigenvalue weighted by molar-refractivity contribution is -0.0144. The van der Waals surface area contributed by atoms with Crippen molar-refractivity contribution in [2.45, 2.75) is 37.5 Å². The summed E-state index contributed by atoms with van der Waals surface area (Å²) in [6.45, 7) is 5.68. The molecule has 1 aliphatic heterocycles. The smallest absolute Gasteiger partial charge is 0.336 e. The minimum absolute atomic E-state index is 0.185. The molecule has 0 aromatic heterocycles. The molecule has 0 spiro atoms. The molecule has 1 heterocycles. The van der Waals surface area contributed by atoms with E-state index in [4.69, 9.17) is 8.61 Å². The molecule has 1 fully saturated rings. The van der Waals surface area contributed by atoms with Crippen molar-refractivity contribution < 1.29 is 26.5 Å². The fourth-order valence-corrected chi connectivity index (χ4v) is 10.5. The van der Waals surface area contributed by atoms with Gasteiger partial charge in [0.15, 0.2) is 0 Å². The molecule has 6 nitrogen and oxygen atoms in total. The maximum Gasteiger partial charge on any atom is 0.336 e. The van der Waals surface area contributed by atoms with Crippen LogP contribution in [-0.4, -0.2) is 41.2 Å². The van der Waals surface area contributed by atoms with E-state index in [0.29, 0.717) is 5.56 Å². The number of rotatable bonds is 6. The Balaban J connectivity index is 1.89. The predicted octanol–water partition coefficient (Wildman–Crippen LogP) is 2.82. The quantitative estimate of drug-likeness (QED) is 0.493. The van der Waals surface area contributed by atoms with E-state index >= 15 is 0 Å². The lowest BCUT2D eigenvalue weighted by Crippen LogP contribution is -2.70. The molecule has 4 rings (SSSR count). The van der Waals surface area contributed by atoms with Gasteiger partial charge in [-0.15, -0.1) is 0 Å². The number of hydrogen-bond donors (Lipinski definition) is 2. The van der Waals surface area contributed by atoms with Gasteiger partial charge >= 0.3 is 10.3 Å². The molecule has 1 aliphatic rings. The second-order valence-electron chi connectivity index (χ2n) is 9.79. The van der Waals surface area contributed by atoms with Gasteiger partial charge in [-0.2, -0.15) is 13.1 Å². The lowest BCUT2D eigenvalue weighted by atomic mass is 9.86. The van der Waals surface area contributed by atoms with E-state index in [2.05, 4.69) is 25.5 Å². The third kappa shape index (κ3) is 4.84. The fraction of sp³-hybridized carbons (Fsp3) is 0.308. The summed E-state index contributed by atoms with van der Waals surface area (Å²) in [5.41, 5.74) is -1.19. The number of halogens is 1. The Morgan fingerprint density at radius 3 is 2.00 bits per heavy atom. The Hall–Kier alpha value is -2.40. The largest absolute Gasteiger partial charge is 0.405 e. The zero-order chi connectivity index (χ0) is 25.3. The maximum absolute atomic E-state index is 13.8. The highest BCUT2D eigenvalue weighted by Gasteiger charge is 2.54. The zero-order valence-electron chi connectivity index (χ0n) is 19.9. The van der Waals surface area contributed by atoms with Gasteiger partial charge in [0.2, 0.25) is 0 Å². The fourth-order valence-electron chi connectivity index (χ4n) is 4.81. The molecule has 0 unspecified atom stereocenters. The van der Waals surface area contributed by atoms with Crippen LogP contribution in [0.15, 0.2) is 84.9 Å². The van der Waals surface area contributed by atoms with Gasteiger partial charge in [-0.1, -0.05) is 93.6 Å². The van der Waals surface area contributed by atoms with Gasteiger partial charge in [0, 0.05) is 0 Å². The number of benzene rings is 3. The first-order valence-electron chi connectivity index (χ1n) is 11.4. The van der Waals surface area contributed by atoms with Gasteiger partial charge in [0.25, 0.3) is 8.32 Å². The highest BCUT2D eigenvalue weighted by molar-refractivity contribution is 7.84. The minimum atomic E-state index is -4.18. The van der Waals surface area contributed by atoms with Crippen LogP contribution in [-0.2, 0) is 24.5 Å². The van der Waals surface area contributed by atoms with Crippen LogP contribution in [0.1, 0.15) is 26.3 Å². The lowest BCUT2D eigenvalue weighted by Gasteiger charge is -2.47. The molecular weight excluding hydrogens is 485 g/mol. The van der Waals surface area contributed by atoms with Gasteiger partial charge in [-0.05, 0) is 33.1 Å². The van der Waals surface area contributed by atoms with Crippen molar-refractivity contribution in [2.24, 2.45) is 0 Å². The molecule has 3 aromatic rings. The standard InChI is InChI=1S/C26H30FNO5SSi/c1-25(2,3)35(22-10-6-4-7-11-22,23-12-8-5-9-13-23)33-19-26(20-14-16-21(27)17-15-20)24(29)18-32-34(30,31)28-26/h4-17,24,28-29H,18-19H2,1-3H3/t24-,26-/m0/s1. The average molecular weight is 516 g/mol. The highest BCUT2D eigenvalue weighted by Crippen LogP contribution is 2.39. The van der Waals surface area contributed by atoms with E-state index in [0.717, 1.165) is 10.4 Å². The summed E-state index contributed by atoms with van der Waals surface area (Å²) in [6, 6.07) is 25.2. The van der Waals surface area contributed by atoms with Crippen LogP contribution >= 0.6 is 0 Å². The zero-order valence-corrected chi connectivity index (χ0v) is 21.8. The molecule has 0 aliphatic carbocycles. The van der Waals surface area contributed by atoms with Crippen molar-refractivity contribution in [2.75, 3.05) is 13.2 Å². The van der Waals surface area contributed by atoms with E-state index in [1.165, 1.54) is 24.3 Å². The molecule has 1 saturated heterocycles. The molecule has 0 saturated carbocycles. The van der Waals surface area contributed by atoms with Crippen LogP contribution in [0.4, 0.5) is 4.39 Å². The first-order valence-corrected chi connectivity index (χ1v) is 14.7. The molecule has 9 heteroatoms. The number of nitrogens with one attached hydrogen (secondary N) is 1. The predicted molar refractivity (Wildman–Crippen MR) is 136 cm³/mol. The Morgan fingerprint density at radius 1 is 1.00 bits per heavy atom. The first-order chi connectivity index (χ1) is 16.5. The molecule has 0 radical (unpaired) electrons. The highest BCUT2D eigenvalue weighted by atomic mass is 32.2. The monoisotopic (exact) mass is 515 g/mol. The molecule has 35 heavy (non-hydrogen) atoms. The summed E-state index contributed by atoms with van der Waals surface area (Å²) >= 11 is 0. The van der Waals surface area contributed by atoms with Crippen molar-refractivity contribution in [3.05, 3.63) is 96.3 Å². The van der Waals surface area contributed by atoms with Crippen molar-refractivity contribution >= 4 is 29.0 Å². The van der Waals surface area contributed by atoms with Crippen LogP contribution in [0.25, 0.3) is 0 Å². The Morgan fingerprint density at radius 2 is 1.51 bits per heavy atom. The SMILES string of the molecule is CC(C)(C)[Si](OC[C@@]1(c2ccc(F)cc2)NS(=O)(=O)OC[C@@H]1O)(c1ccccc1)c1ccccc1. The normalized spacial score (nSPS) is 22.6. The Bertz CT molecular complexity index is 1210. The third-order valence-electron chi connectivity index (χ3n) is 6.55. The van der Waals surface area contributed by atoms with E-state index in [1.807, 2.05) is 60.7 Å². The molecule has 2 atom stereocenters. The maximum atomic E-state index is 13.8. The minimum Gasteiger partial charge on any atom is -0.405 e. The van der Waals surface area contributed by atoms with Crippen molar-refractivity contribution in [3.8, 4) is 0 Å². The molecule has 186 valence electrons. The first kappa shape index (κ1) is 25.7. The van der Waals surface area contributed by atoms with Crippen LogP contribution in [0.3, 0.4) is 0 Å². The second kappa shape index (κ2) is 9.57. The summed E-state index contributed by atoms with van der Waals surface area (Å²) in [5, 5.41) is 12.8. The van der Waals surface area contributed by atoms with Crippen LogP contribution in [0.2, 0.25) is 5.04 Å². The summed E-state index contributed by atoms with van der Waals surface area (Å²) < 4.78 is 53.1.